The highest BCUT2D eigenvalue weighted by Gasteiger charge is 2.25. The number of carbonyl (C=O) groups is 1. The molecule has 0 radical (unpaired) electrons. The van der Waals surface area contributed by atoms with Crippen LogP contribution in [-0.2, 0) is 30.6 Å². The summed E-state index contributed by atoms with van der Waals surface area (Å²) in [6.45, 7) is 4.36. The first-order chi connectivity index (χ1) is 14.3. The van der Waals surface area contributed by atoms with Crippen LogP contribution >= 0.6 is 23.1 Å². The average Bonchev–Trinajstić information content (AvgIpc) is 3.06. The van der Waals surface area contributed by atoms with Crippen molar-refractivity contribution in [2.45, 2.75) is 56.5 Å². The van der Waals surface area contributed by atoms with E-state index < -0.39 is 11.2 Å². The Hall–Kier alpha value is -2.19. The zero-order valence-electron chi connectivity index (χ0n) is 17.0. The van der Waals surface area contributed by atoms with Crippen LogP contribution in [0.15, 0.2) is 34.2 Å². The van der Waals surface area contributed by atoms with E-state index in [1.807, 2.05) is 0 Å². The molecule has 5 nitrogen and oxygen atoms in total. The number of amides is 1. The molecule has 1 aliphatic carbocycles. The Bertz CT molecular complexity index is 1150. The Labute approximate surface area is 182 Å². The Balaban J connectivity index is 1.77. The van der Waals surface area contributed by atoms with Gasteiger partial charge >= 0.3 is 0 Å². The average molecular weight is 446 g/mol. The number of nitrogens with zero attached hydrogens (tertiary/aromatic N) is 2. The molecular weight excluding hydrogens is 421 g/mol. The molecule has 2 N–H and O–H groups in total. The van der Waals surface area contributed by atoms with Crippen LogP contribution in [0.1, 0.15) is 36.3 Å². The summed E-state index contributed by atoms with van der Waals surface area (Å²) < 4.78 is 14.9. The van der Waals surface area contributed by atoms with Crippen molar-refractivity contribution in [1.29, 1.82) is 0 Å². The molecule has 0 aliphatic heterocycles. The highest BCUT2D eigenvalue weighted by molar-refractivity contribution is 8.00. The van der Waals surface area contributed by atoms with Gasteiger partial charge in [0.25, 0.3) is 5.56 Å². The SMILES string of the molecule is CC1CCc2c(sc3nc(SC(C)C(N)=O)n(CCc4ccc(F)cc4)c(=O)c23)C1. The molecule has 0 fully saturated rings. The lowest BCUT2D eigenvalue weighted by Crippen LogP contribution is -2.28. The summed E-state index contributed by atoms with van der Waals surface area (Å²) >= 11 is 2.81. The van der Waals surface area contributed by atoms with Gasteiger partial charge in [-0.1, -0.05) is 30.8 Å². The van der Waals surface area contributed by atoms with Crippen LogP contribution in [0.25, 0.3) is 10.2 Å². The van der Waals surface area contributed by atoms with Crippen LogP contribution in [0.2, 0.25) is 0 Å². The molecule has 1 aliphatic rings. The summed E-state index contributed by atoms with van der Waals surface area (Å²) in [5.41, 5.74) is 7.46. The number of carbonyl (C=O) groups excluding carboxylic acids is 1. The van der Waals surface area contributed by atoms with Gasteiger partial charge in [-0.05, 0) is 61.8 Å². The maximum atomic E-state index is 13.5. The van der Waals surface area contributed by atoms with Crippen molar-refractivity contribution in [1.82, 2.24) is 9.55 Å². The first kappa shape index (κ1) is 21.1. The lowest BCUT2D eigenvalue weighted by Gasteiger charge is -2.18. The highest BCUT2D eigenvalue weighted by Crippen LogP contribution is 2.36. The highest BCUT2D eigenvalue weighted by atomic mass is 32.2. The predicted octanol–water partition coefficient (Wildman–Crippen LogP) is 3.93. The standard InChI is InChI=1S/C22H24FN3O2S2/c1-12-3-8-16-17(11-12)30-20-18(16)21(28)26(22(25-20)29-13(2)19(24)27)10-9-14-4-6-15(23)7-5-14/h4-7,12-13H,3,8-11H2,1-2H3,(H2,24,27). The van der Waals surface area contributed by atoms with Gasteiger partial charge < -0.3 is 5.73 Å². The largest absolute Gasteiger partial charge is 0.369 e. The Kier molecular flexibility index (Phi) is 5.97. The quantitative estimate of drug-likeness (QED) is 0.461. The zero-order chi connectivity index (χ0) is 21.4. The Morgan fingerprint density at radius 1 is 1.40 bits per heavy atom. The van der Waals surface area contributed by atoms with Crippen LogP contribution in [0.3, 0.4) is 0 Å². The Morgan fingerprint density at radius 2 is 2.13 bits per heavy atom. The molecule has 8 heteroatoms. The number of fused-ring (bicyclic) bond motifs is 3. The first-order valence-electron chi connectivity index (χ1n) is 10.1. The van der Waals surface area contributed by atoms with Crippen molar-refractivity contribution in [2.75, 3.05) is 0 Å². The fourth-order valence-corrected chi connectivity index (χ4v) is 6.11. The van der Waals surface area contributed by atoms with Gasteiger partial charge in [0.15, 0.2) is 5.16 Å². The summed E-state index contributed by atoms with van der Waals surface area (Å²) in [6.07, 6.45) is 3.51. The zero-order valence-corrected chi connectivity index (χ0v) is 18.6. The van der Waals surface area contributed by atoms with Crippen molar-refractivity contribution in [2.24, 2.45) is 11.7 Å². The number of rotatable bonds is 6. The monoisotopic (exact) mass is 445 g/mol. The summed E-state index contributed by atoms with van der Waals surface area (Å²) in [7, 11) is 0. The van der Waals surface area contributed by atoms with Crippen LogP contribution in [0.4, 0.5) is 4.39 Å². The number of aryl methyl sites for hydroxylation is 2. The van der Waals surface area contributed by atoms with Gasteiger partial charge in [0.1, 0.15) is 10.6 Å². The minimum Gasteiger partial charge on any atom is -0.369 e. The molecule has 2 aromatic heterocycles. The minimum absolute atomic E-state index is 0.0617. The molecule has 0 saturated heterocycles. The second-order valence-electron chi connectivity index (χ2n) is 7.92. The number of nitrogens with two attached hydrogens (primary N) is 1. The predicted molar refractivity (Wildman–Crippen MR) is 120 cm³/mol. The minimum atomic E-state index is -0.499. The molecule has 0 bridgehead atoms. The van der Waals surface area contributed by atoms with E-state index in [0.29, 0.717) is 24.0 Å². The van der Waals surface area contributed by atoms with Crippen LogP contribution in [0.5, 0.6) is 0 Å². The van der Waals surface area contributed by atoms with E-state index in [1.165, 1.54) is 28.8 Å². The lowest BCUT2D eigenvalue weighted by molar-refractivity contribution is -0.117. The topological polar surface area (TPSA) is 78.0 Å². The van der Waals surface area contributed by atoms with Crippen LogP contribution < -0.4 is 11.3 Å². The number of thiophene rings is 1. The van der Waals surface area contributed by atoms with E-state index in [4.69, 9.17) is 10.7 Å². The summed E-state index contributed by atoms with van der Waals surface area (Å²) in [6, 6.07) is 6.28. The third-order valence-electron chi connectivity index (χ3n) is 5.60. The summed E-state index contributed by atoms with van der Waals surface area (Å²) in [4.78, 5) is 31.9. The number of primary amides is 1. The number of aromatic nitrogens is 2. The smallest absolute Gasteiger partial charge is 0.263 e. The van der Waals surface area contributed by atoms with E-state index in [9.17, 15) is 14.0 Å². The first-order valence-corrected chi connectivity index (χ1v) is 11.8. The van der Waals surface area contributed by atoms with Crippen molar-refractivity contribution in [3.05, 3.63) is 56.4 Å². The number of benzene rings is 1. The van der Waals surface area contributed by atoms with Gasteiger partial charge in [-0.15, -0.1) is 11.3 Å². The van der Waals surface area contributed by atoms with Crippen molar-refractivity contribution in [3.8, 4) is 0 Å². The molecule has 2 heterocycles. The molecule has 2 unspecified atom stereocenters. The molecule has 3 aromatic rings. The van der Waals surface area contributed by atoms with Crippen LogP contribution in [-0.4, -0.2) is 20.7 Å². The molecular formula is C22H24FN3O2S2. The molecule has 1 aromatic carbocycles. The van der Waals surface area contributed by atoms with Gasteiger partial charge in [0.05, 0.1) is 10.6 Å². The van der Waals surface area contributed by atoms with Crippen molar-refractivity contribution >= 4 is 39.2 Å². The number of hydrogen-bond donors (Lipinski definition) is 1. The number of hydrogen-bond acceptors (Lipinski definition) is 5. The van der Waals surface area contributed by atoms with Gasteiger partial charge in [-0.25, -0.2) is 9.37 Å². The van der Waals surface area contributed by atoms with E-state index in [1.54, 1.807) is 35.0 Å². The lowest BCUT2D eigenvalue weighted by atomic mass is 9.89. The maximum Gasteiger partial charge on any atom is 0.263 e. The third-order valence-corrected chi connectivity index (χ3v) is 7.86. The second kappa shape index (κ2) is 8.51. The maximum absolute atomic E-state index is 13.5. The third kappa shape index (κ3) is 4.16. The van der Waals surface area contributed by atoms with E-state index in [-0.39, 0.29) is 11.4 Å². The fourth-order valence-electron chi connectivity index (χ4n) is 3.80. The molecule has 158 valence electrons. The molecule has 0 spiro atoms. The summed E-state index contributed by atoms with van der Waals surface area (Å²) in [5.74, 6) is -0.126. The number of thioether (sulfide) groups is 1. The van der Waals surface area contributed by atoms with Gasteiger partial charge in [-0.2, -0.15) is 0 Å². The molecule has 30 heavy (non-hydrogen) atoms. The molecule has 2 atom stereocenters. The van der Waals surface area contributed by atoms with Crippen LogP contribution in [0, 0.1) is 11.7 Å². The second-order valence-corrected chi connectivity index (χ2v) is 10.3. The van der Waals surface area contributed by atoms with Gasteiger partial charge in [0.2, 0.25) is 5.91 Å². The Morgan fingerprint density at radius 3 is 2.83 bits per heavy atom. The normalized spacial score (nSPS) is 17.1. The molecule has 1 amide bonds. The summed E-state index contributed by atoms with van der Waals surface area (Å²) in [5, 5.41) is 0.727. The molecule has 0 saturated carbocycles. The van der Waals surface area contributed by atoms with Gasteiger partial charge in [-0.3, -0.25) is 14.2 Å². The molecule has 4 rings (SSSR count). The van der Waals surface area contributed by atoms with E-state index in [2.05, 4.69) is 6.92 Å². The van der Waals surface area contributed by atoms with Gasteiger partial charge in [0, 0.05) is 11.4 Å². The van der Waals surface area contributed by atoms with Crippen molar-refractivity contribution in [3.63, 3.8) is 0 Å². The van der Waals surface area contributed by atoms with E-state index >= 15 is 0 Å². The number of halogens is 1. The fraction of sp³-hybridized carbons (Fsp3) is 0.409. The van der Waals surface area contributed by atoms with E-state index in [0.717, 1.165) is 40.6 Å². The van der Waals surface area contributed by atoms with Crippen molar-refractivity contribution < 1.29 is 9.18 Å².